The van der Waals surface area contributed by atoms with E-state index in [1.807, 2.05) is 12.1 Å². The molecule has 0 aliphatic carbocycles. The van der Waals surface area contributed by atoms with Gasteiger partial charge in [0.1, 0.15) is 5.75 Å². The third kappa shape index (κ3) is 5.73. The summed E-state index contributed by atoms with van der Waals surface area (Å²) in [5.74, 6) is 0.328. The van der Waals surface area contributed by atoms with Crippen molar-refractivity contribution in [1.29, 1.82) is 0 Å². The largest absolute Gasteiger partial charge is 0.508 e. The highest BCUT2D eigenvalue weighted by Crippen LogP contribution is 2.09. The van der Waals surface area contributed by atoms with E-state index in [9.17, 15) is 0 Å². The van der Waals surface area contributed by atoms with Gasteiger partial charge in [0.15, 0.2) is 0 Å². The van der Waals surface area contributed by atoms with Gasteiger partial charge in [0, 0.05) is 6.54 Å². The molecule has 16 heavy (non-hydrogen) atoms. The van der Waals surface area contributed by atoms with Crippen LogP contribution in [0.2, 0.25) is 0 Å². The van der Waals surface area contributed by atoms with Crippen LogP contribution in [0.25, 0.3) is 0 Å². The molecular formula is C13H22N2O. The molecule has 0 aliphatic heterocycles. The van der Waals surface area contributed by atoms with E-state index in [2.05, 4.69) is 24.3 Å². The van der Waals surface area contributed by atoms with Crippen LogP contribution in [0.1, 0.15) is 18.4 Å². The first-order valence-electron chi connectivity index (χ1n) is 5.82. The first-order valence-corrected chi connectivity index (χ1v) is 5.82. The van der Waals surface area contributed by atoms with Gasteiger partial charge in [-0.3, -0.25) is 0 Å². The second-order valence-electron chi connectivity index (χ2n) is 4.35. The first-order chi connectivity index (χ1) is 7.68. The van der Waals surface area contributed by atoms with E-state index in [0.29, 0.717) is 5.75 Å². The molecule has 0 spiro atoms. The van der Waals surface area contributed by atoms with Crippen molar-refractivity contribution in [3.05, 3.63) is 29.8 Å². The van der Waals surface area contributed by atoms with E-state index in [0.717, 1.165) is 19.6 Å². The molecule has 2 N–H and O–H groups in total. The van der Waals surface area contributed by atoms with Gasteiger partial charge in [0.05, 0.1) is 0 Å². The average molecular weight is 222 g/mol. The zero-order chi connectivity index (χ0) is 11.8. The van der Waals surface area contributed by atoms with E-state index in [4.69, 9.17) is 5.11 Å². The second-order valence-corrected chi connectivity index (χ2v) is 4.35. The maximum atomic E-state index is 9.13. The molecule has 0 heterocycles. The molecule has 0 saturated heterocycles. The molecule has 0 fully saturated rings. The van der Waals surface area contributed by atoms with Gasteiger partial charge in [-0.05, 0) is 57.7 Å². The minimum Gasteiger partial charge on any atom is -0.508 e. The number of hydrogen-bond acceptors (Lipinski definition) is 3. The molecule has 90 valence electrons. The molecule has 3 nitrogen and oxygen atoms in total. The van der Waals surface area contributed by atoms with Crippen LogP contribution in [0.15, 0.2) is 24.3 Å². The number of aromatic hydroxyl groups is 1. The molecule has 0 atom stereocenters. The molecule has 0 saturated carbocycles. The molecule has 0 aliphatic rings. The van der Waals surface area contributed by atoms with E-state index in [1.165, 1.54) is 18.4 Å². The van der Waals surface area contributed by atoms with E-state index < -0.39 is 0 Å². The Kier molecular flexibility index (Phi) is 5.90. The lowest BCUT2D eigenvalue weighted by molar-refractivity contribution is 0.391. The number of phenols is 1. The van der Waals surface area contributed by atoms with E-state index >= 15 is 0 Å². The minimum atomic E-state index is 0.328. The number of nitrogens with one attached hydrogen (secondary N) is 1. The van der Waals surface area contributed by atoms with Gasteiger partial charge in [-0.25, -0.2) is 0 Å². The Hall–Kier alpha value is -1.06. The summed E-state index contributed by atoms with van der Waals surface area (Å²) in [7, 11) is 4.20. The Labute approximate surface area is 98.1 Å². The van der Waals surface area contributed by atoms with Crippen molar-refractivity contribution in [3.63, 3.8) is 0 Å². The van der Waals surface area contributed by atoms with E-state index in [-0.39, 0.29) is 0 Å². The van der Waals surface area contributed by atoms with Crippen molar-refractivity contribution in [2.75, 3.05) is 27.2 Å². The minimum absolute atomic E-state index is 0.328. The summed E-state index contributed by atoms with van der Waals surface area (Å²) in [6.07, 6.45) is 2.44. The molecule has 1 aromatic carbocycles. The van der Waals surface area contributed by atoms with Crippen LogP contribution < -0.4 is 5.32 Å². The van der Waals surface area contributed by atoms with Crippen molar-refractivity contribution in [2.24, 2.45) is 0 Å². The molecule has 1 aromatic rings. The normalized spacial score (nSPS) is 10.9. The third-order valence-corrected chi connectivity index (χ3v) is 2.47. The predicted molar refractivity (Wildman–Crippen MR) is 67.6 cm³/mol. The Morgan fingerprint density at radius 3 is 2.44 bits per heavy atom. The quantitative estimate of drug-likeness (QED) is 0.691. The molecule has 0 bridgehead atoms. The number of nitrogens with zero attached hydrogens (tertiary/aromatic N) is 1. The van der Waals surface area contributed by atoms with Gasteiger partial charge in [0.25, 0.3) is 0 Å². The zero-order valence-electron chi connectivity index (χ0n) is 10.2. The fraction of sp³-hybridized carbons (Fsp3) is 0.538. The average Bonchev–Trinajstić information content (AvgIpc) is 2.25. The van der Waals surface area contributed by atoms with Crippen LogP contribution in [0.4, 0.5) is 0 Å². The van der Waals surface area contributed by atoms with Gasteiger partial charge < -0.3 is 15.3 Å². The number of benzene rings is 1. The molecule has 0 aromatic heterocycles. The molecule has 0 unspecified atom stereocenters. The molecular weight excluding hydrogens is 200 g/mol. The maximum Gasteiger partial charge on any atom is 0.115 e. The highest BCUT2D eigenvalue weighted by Gasteiger charge is 1.94. The predicted octanol–water partition coefficient (Wildman–Crippen LogP) is 1.82. The summed E-state index contributed by atoms with van der Waals surface area (Å²) in [6, 6.07) is 7.34. The number of hydrogen-bond donors (Lipinski definition) is 2. The highest BCUT2D eigenvalue weighted by atomic mass is 16.3. The lowest BCUT2D eigenvalue weighted by Gasteiger charge is -2.09. The monoisotopic (exact) mass is 222 g/mol. The number of unbranched alkanes of at least 4 members (excludes halogenated alkanes) is 1. The molecule has 0 radical (unpaired) electrons. The summed E-state index contributed by atoms with van der Waals surface area (Å²) < 4.78 is 0. The summed E-state index contributed by atoms with van der Waals surface area (Å²) in [5.41, 5.74) is 1.21. The summed E-state index contributed by atoms with van der Waals surface area (Å²) in [5, 5.41) is 12.5. The second kappa shape index (κ2) is 7.25. The number of phenolic OH excluding ortho intramolecular Hbond substituents is 1. The lowest BCUT2D eigenvalue weighted by atomic mass is 10.2. The van der Waals surface area contributed by atoms with Gasteiger partial charge in [-0.2, -0.15) is 0 Å². The maximum absolute atomic E-state index is 9.13. The standard InChI is InChI=1S/C13H22N2O/c1-15(2)10-4-3-9-14-11-12-5-7-13(16)8-6-12/h5-8,14,16H,3-4,9-11H2,1-2H3. The molecule has 1 rings (SSSR count). The lowest BCUT2D eigenvalue weighted by Crippen LogP contribution is -2.18. The van der Waals surface area contributed by atoms with Crippen molar-refractivity contribution < 1.29 is 5.11 Å². The van der Waals surface area contributed by atoms with Crippen LogP contribution in [0, 0.1) is 0 Å². The molecule has 3 heteroatoms. The summed E-state index contributed by atoms with van der Waals surface area (Å²) in [6.45, 7) is 3.08. The van der Waals surface area contributed by atoms with Crippen LogP contribution in [0.3, 0.4) is 0 Å². The smallest absolute Gasteiger partial charge is 0.115 e. The zero-order valence-corrected chi connectivity index (χ0v) is 10.2. The number of rotatable bonds is 7. The Morgan fingerprint density at radius 1 is 1.12 bits per heavy atom. The third-order valence-electron chi connectivity index (χ3n) is 2.47. The van der Waals surface area contributed by atoms with Crippen LogP contribution in [-0.4, -0.2) is 37.2 Å². The Balaban J connectivity index is 2.05. The molecule has 0 amide bonds. The fourth-order valence-corrected chi connectivity index (χ4v) is 1.52. The fourth-order valence-electron chi connectivity index (χ4n) is 1.52. The van der Waals surface area contributed by atoms with Crippen molar-refractivity contribution >= 4 is 0 Å². The first kappa shape index (κ1) is 13.0. The summed E-state index contributed by atoms with van der Waals surface area (Å²) >= 11 is 0. The van der Waals surface area contributed by atoms with Gasteiger partial charge in [-0.1, -0.05) is 12.1 Å². The van der Waals surface area contributed by atoms with Crippen LogP contribution in [0.5, 0.6) is 5.75 Å². The van der Waals surface area contributed by atoms with Gasteiger partial charge in [-0.15, -0.1) is 0 Å². The SMILES string of the molecule is CN(C)CCCCNCc1ccc(O)cc1. The van der Waals surface area contributed by atoms with Gasteiger partial charge in [0.2, 0.25) is 0 Å². The van der Waals surface area contributed by atoms with Gasteiger partial charge >= 0.3 is 0 Å². The Morgan fingerprint density at radius 2 is 1.81 bits per heavy atom. The van der Waals surface area contributed by atoms with Crippen molar-refractivity contribution in [2.45, 2.75) is 19.4 Å². The van der Waals surface area contributed by atoms with Crippen molar-refractivity contribution in [1.82, 2.24) is 10.2 Å². The van der Waals surface area contributed by atoms with Crippen LogP contribution >= 0.6 is 0 Å². The highest BCUT2D eigenvalue weighted by molar-refractivity contribution is 5.25. The van der Waals surface area contributed by atoms with Crippen LogP contribution in [-0.2, 0) is 6.54 Å². The topological polar surface area (TPSA) is 35.5 Å². The summed E-state index contributed by atoms with van der Waals surface area (Å²) in [4.78, 5) is 2.21. The van der Waals surface area contributed by atoms with Crippen molar-refractivity contribution in [3.8, 4) is 5.75 Å². The van der Waals surface area contributed by atoms with E-state index in [1.54, 1.807) is 12.1 Å². The Bertz CT molecular complexity index is 282.